The maximum absolute atomic E-state index is 12.0. The van der Waals surface area contributed by atoms with Crippen molar-refractivity contribution in [2.45, 2.75) is 12.8 Å². The van der Waals surface area contributed by atoms with Gasteiger partial charge in [0.2, 0.25) is 5.91 Å². The molecule has 1 aliphatic heterocycles. The van der Waals surface area contributed by atoms with Gasteiger partial charge in [0.05, 0.1) is 13.7 Å². The molecule has 1 aliphatic rings. The molecule has 0 aromatic carbocycles. The summed E-state index contributed by atoms with van der Waals surface area (Å²) >= 11 is 0. The van der Waals surface area contributed by atoms with E-state index in [1.807, 2.05) is 18.2 Å². The van der Waals surface area contributed by atoms with E-state index in [1.54, 1.807) is 6.20 Å². The van der Waals surface area contributed by atoms with Crippen molar-refractivity contribution in [2.24, 2.45) is 5.92 Å². The number of Topliss-reactive ketones (excluding diaryl/α,β-unsaturated/α-hetero) is 1. The lowest BCUT2D eigenvalue weighted by molar-refractivity contribution is -0.147. The molecule has 0 aliphatic carbocycles. The van der Waals surface area contributed by atoms with Gasteiger partial charge in [0.25, 0.3) is 0 Å². The summed E-state index contributed by atoms with van der Waals surface area (Å²) in [6.07, 6.45) is 2.47. The predicted octanol–water partition coefficient (Wildman–Crippen LogP) is 0.215. The van der Waals surface area contributed by atoms with Gasteiger partial charge in [0.15, 0.2) is 5.78 Å². The van der Waals surface area contributed by atoms with E-state index in [4.69, 9.17) is 0 Å². The van der Waals surface area contributed by atoms with Crippen molar-refractivity contribution in [1.82, 2.24) is 9.88 Å². The number of methoxy groups -OCH3 is 1. The first-order valence-corrected chi connectivity index (χ1v) is 6.40. The average Bonchev–Trinajstić information content (AvgIpc) is 2.87. The average molecular weight is 276 g/mol. The van der Waals surface area contributed by atoms with Crippen molar-refractivity contribution in [3.63, 3.8) is 0 Å². The SMILES string of the molecule is COC(=O)C1CN(C(=O)CCc2ccccn2)CC1=O. The molecule has 20 heavy (non-hydrogen) atoms. The number of hydrogen-bond acceptors (Lipinski definition) is 5. The normalized spacial score (nSPS) is 18.1. The van der Waals surface area contributed by atoms with Gasteiger partial charge >= 0.3 is 5.97 Å². The fraction of sp³-hybridized carbons (Fsp3) is 0.429. The van der Waals surface area contributed by atoms with Crippen molar-refractivity contribution < 1.29 is 19.1 Å². The number of ketones is 1. The van der Waals surface area contributed by atoms with Gasteiger partial charge in [0.1, 0.15) is 5.92 Å². The minimum Gasteiger partial charge on any atom is -0.468 e. The Kier molecular flexibility index (Phi) is 4.45. The zero-order valence-corrected chi connectivity index (χ0v) is 11.2. The summed E-state index contributed by atoms with van der Waals surface area (Å²) in [6.45, 7) is 0.105. The Hall–Kier alpha value is -2.24. The molecule has 1 fully saturated rings. The molecule has 1 amide bonds. The van der Waals surface area contributed by atoms with Gasteiger partial charge in [-0.25, -0.2) is 0 Å². The van der Waals surface area contributed by atoms with Crippen LogP contribution in [-0.4, -0.2) is 47.7 Å². The second-order valence-electron chi connectivity index (χ2n) is 4.64. The molecule has 106 valence electrons. The number of esters is 1. The van der Waals surface area contributed by atoms with Crippen LogP contribution >= 0.6 is 0 Å². The van der Waals surface area contributed by atoms with Crippen molar-refractivity contribution in [3.8, 4) is 0 Å². The van der Waals surface area contributed by atoms with Gasteiger partial charge in [-0.2, -0.15) is 0 Å². The standard InChI is InChI=1S/C14H16N2O4/c1-20-14(19)11-8-16(9-12(11)17)13(18)6-5-10-4-2-3-7-15-10/h2-4,7,11H,5-6,8-9H2,1H3. The second-order valence-corrected chi connectivity index (χ2v) is 4.64. The first kappa shape index (κ1) is 14.2. The maximum Gasteiger partial charge on any atom is 0.318 e. The summed E-state index contributed by atoms with van der Waals surface area (Å²) in [5.74, 6) is -1.81. The first-order valence-electron chi connectivity index (χ1n) is 6.40. The lowest BCUT2D eigenvalue weighted by Crippen LogP contribution is -2.30. The zero-order chi connectivity index (χ0) is 14.5. The number of carbonyl (C=O) groups excluding carboxylic acids is 3. The summed E-state index contributed by atoms with van der Waals surface area (Å²) in [4.78, 5) is 40.6. The van der Waals surface area contributed by atoms with Gasteiger partial charge in [-0.3, -0.25) is 19.4 Å². The number of ether oxygens (including phenoxy) is 1. The van der Waals surface area contributed by atoms with E-state index in [0.717, 1.165) is 5.69 Å². The van der Waals surface area contributed by atoms with E-state index in [1.165, 1.54) is 12.0 Å². The molecule has 2 heterocycles. The van der Waals surface area contributed by atoms with Crippen molar-refractivity contribution >= 4 is 17.7 Å². The molecule has 0 saturated carbocycles. The molecule has 6 nitrogen and oxygen atoms in total. The van der Waals surface area contributed by atoms with E-state index in [-0.39, 0.29) is 31.2 Å². The summed E-state index contributed by atoms with van der Waals surface area (Å²) in [5.41, 5.74) is 0.830. The first-order chi connectivity index (χ1) is 9.61. The van der Waals surface area contributed by atoms with E-state index in [2.05, 4.69) is 9.72 Å². The van der Waals surface area contributed by atoms with Crippen LogP contribution in [0.15, 0.2) is 24.4 Å². The topological polar surface area (TPSA) is 76.6 Å². The van der Waals surface area contributed by atoms with Crippen LogP contribution < -0.4 is 0 Å². The van der Waals surface area contributed by atoms with Crippen LogP contribution in [0.1, 0.15) is 12.1 Å². The van der Waals surface area contributed by atoms with E-state index in [0.29, 0.717) is 6.42 Å². The zero-order valence-electron chi connectivity index (χ0n) is 11.2. The summed E-state index contributed by atoms with van der Waals surface area (Å²) in [5, 5.41) is 0. The smallest absolute Gasteiger partial charge is 0.318 e. The van der Waals surface area contributed by atoms with E-state index >= 15 is 0 Å². The highest BCUT2D eigenvalue weighted by Gasteiger charge is 2.38. The number of pyridine rings is 1. The van der Waals surface area contributed by atoms with Crippen LogP contribution in [0.3, 0.4) is 0 Å². The number of aryl methyl sites for hydroxylation is 1. The van der Waals surface area contributed by atoms with Gasteiger partial charge in [-0.15, -0.1) is 0 Å². The van der Waals surface area contributed by atoms with Crippen LogP contribution in [-0.2, 0) is 25.5 Å². The van der Waals surface area contributed by atoms with E-state index in [9.17, 15) is 14.4 Å². The van der Waals surface area contributed by atoms with Crippen LogP contribution in [0.25, 0.3) is 0 Å². The molecule has 0 bridgehead atoms. The minimum absolute atomic E-state index is 0.0131. The molecule has 0 radical (unpaired) electrons. The van der Waals surface area contributed by atoms with Crippen molar-refractivity contribution in [1.29, 1.82) is 0 Å². The van der Waals surface area contributed by atoms with Crippen LogP contribution in [0.5, 0.6) is 0 Å². The second kappa shape index (κ2) is 6.27. The molecule has 6 heteroatoms. The summed E-state index contributed by atoms with van der Waals surface area (Å²) < 4.78 is 4.55. The number of hydrogen-bond donors (Lipinski definition) is 0. The third kappa shape index (κ3) is 3.20. The quantitative estimate of drug-likeness (QED) is 0.580. The molecule has 1 unspecified atom stereocenters. The number of nitrogens with zero attached hydrogens (tertiary/aromatic N) is 2. The highest BCUT2D eigenvalue weighted by molar-refractivity contribution is 6.03. The fourth-order valence-corrected chi connectivity index (χ4v) is 2.16. The third-order valence-corrected chi connectivity index (χ3v) is 3.30. The summed E-state index contributed by atoms with van der Waals surface area (Å²) in [6, 6.07) is 5.52. The highest BCUT2D eigenvalue weighted by atomic mass is 16.5. The monoisotopic (exact) mass is 276 g/mol. The summed E-state index contributed by atoms with van der Waals surface area (Å²) in [7, 11) is 1.24. The van der Waals surface area contributed by atoms with Crippen molar-refractivity contribution in [2.75, 3.05) is 20.2 Å². The van der Waals surface area contributed by atoms with E-state index < -0.39 is 11.9 Å². The number of aromatic nitrogens is 1. The van der Waals surface area contributed by atoms with Gasteiger partial charge in [-0.05, 0) is 18.6 Å². The fourth-order valence-electron chi connectivity index (χ4n) is 2.16. The molecule has 1 aromatic rings. The Bertz CT molecular complexity index is 515. The van der Waals surface area contributed by atoms with Gasteiger partial charge in [-0.1, -0.05) is 6.07 Å². The minimum atomic E-state index is -0.834. The Balaban J connectivity index is 1.88. The van der Waals surface area contributed by atoms with Crippen LogP contribution in [0.2, 0.25) is 0 Å². The number of likely N-dealkylation sites (tertiary alicyclic amines) is 1. The Morgan fingerprint density at radius 3 is 2.90 bits per heavy atom. The largest absolute Gasteiger partial charge is 0.468 e. The van der Waals surface area contributed by atoms with Crippen LogP contribution in [0.4, 0.5) is 0 Å². The maximum atomic E-state index is 12.0. The number of amides is 1. The van der Waals surface area contributed by atoms with Gasteiger partial charge < -0.3 is 9.64 Å². The van der Waals surface area contributed by atoms with Crippen molar-refractivity contribution in [3.05, 3.63) is 30.1 Å². The Morgan fingerprint density at radius 2 is 2.25 bits per heavy atom. The van der Waals surface area contributed by atoms with Gasteiger partial charge in [0, 0.05) is 24.9 Å². The Labute approximate surface area is 116 Å². The molecular weight excluding hydrogens is 260 g/mol. The Morgan fingerprint density at radius 1 is 1.45 bits per heavy atom. The molecule has 1 saturated heterocycles. The predicted molar refractivity (Wildman–Crippen MR) is 69.7 cm³/mol. The molecule has 1 atom stereocenters. The van der Waals surface area contributed by atoms with Crippen LogP contribution in [0, 0.1) is 5.92 Å². The molecular formula is C14H16N2O4. The molecule has 0 N–H and O–H groups in total. The number of rotatable bonds is 4. The molecule has 0 spiro atoms. The highest BCUT2D eigenvalue weighted by Crippen LogP contribution is 2.15. The number of carbonyl (C=O) groups is 3. The molecule has 2 rings (SSSR count). The molecule has 1 aromatic heterocycles. The third-order valence-electron chi connectivity index (χ3n) is 3.30. The lowest BCUT2D eigenvalue weighted by atomic mass is 10.1. The lowest BCUT2D eigenvalue weighted by Gasteiger charge is -2.14.